The topological polar surface area (TPSA) is 78.4 Å². The summed E-state index contributed by atoms with van der Waals surface area (Å²) in [5.41, 5.74) is 0.280. The van der Waals surface area contributed by atoms with Crippen molar-refractivity contribution in [2.75, 3.05) is 6.54 Å². The van der Waals surface area contributed by atoms with Crippen LogP contribution in [-0.4, -0.2) is 29.5 Å². The molecule has 3 rings (SSSR count). The van der Waals surface area contributed by atoms with E-state index in [1.54, 1.807) is 0 Å². The number of carbonyl (C=O) groups is 2. The lowest BCUT2D eigenvalue weighted by Crippen LogP contribution is -2.37. The standard InChI is InChI=1S/C20H22N2O3/c23-18(22-17-13-19(24)21-14-17)11-12-20(25,15-7-3-1-4-8-15)16-9-5-2-6-10-16/h1-10,17,25H,11-14H2,(H,21,24)(H,22,23). The number of nitrogens with one attached hydrogen (secondary N) is 2. The molecular weight excluding hydrogens is 316 g/mol. The Balaban J connectivity index is 1.72. The molecule has 1 aliphatic rings. The predicted octanol–water partition coefficient (Wildman–Crippen LogP) is 1.71. The predicted molar refractivity (Wildman–Crippen MR) is 94.7 cm³/mol. The van der Waals surface area contributed by atoms with Crippen molar-refractivity contribution in [2.24, 2.45) is 0 Å². The molecule has 0 aliphatic carbocycles. The fourth-order valence-corrected chi connectivity index (χ4v) is 3.18. The van der Waals surface area contributed by atoms with E-state index < -0.39 is 5.60 Å². The van der Waals surface area contributed by atoms with Crippen LogP contribution in [-0.2, 0) is 15.2 Å². The lowest BCUT2D eigenvalue weighted by molar-refractivity contribution is -0.122. The maximum Gasteiger partial charge on any atom is 0.222 e. The van der Waals surface area contributed by atoms with Gasteiger partial charge in [-0.15, -0.1) is 0 Å². The van der Waals surface area contributed by atoms with Crippen molar-refractivity contribution >= 4 is 11.8 Å². The minimum absolute atomic E-state index is 0.0459. The summed E-state index contributed by atoms with van der Waals surface area (Å²) in [5.74, 6) is -0.206. The highest BCUT2D eigenvalue weighted by atomic mass is 16.3. The first-order valence-electron chi connectivity index (χ1n) is 8.47. The Hall–Kier alpha value is -2.66. The molecule has 1 heterocycles. The Kier molecular flexibility index (Phi) is 5.14. The fraction of sp³-hybridized carbons (Fsp3) is 0.300. The molecule has 2 aromatic carbocycles. The van der Waals surface area contributed by atoms with E-state index in [1.165, 1.54) is 0 Å². The second kappa shape index (κ2) is 7.49. The van der Waals surface area contributed by atoms with E-state index in [-0.39, 0.29) is 30.7 Å². The molecule has 0 aromatic heterocycles. The number of aliphatic hydroxyl groups is 1. The van der Waals surface area contributed by atoms with E-state index in [4.69, 9.17) is 0 Å². The van der Waals surface area contributed by atoms with Gasteiger partial charge in [0.15, 0.2) is 0 Å². The molecule has 0 saturated carbocycles. The van der Waals surface area contributed by atoms with Crippen LogP contribution in [0.25, 0.3) is 0 Å². The van der Waals surface area contributed by atoms with Gasteiger partial charge in [0, 0.05) is 19.4 Å². The van der Waals surface area contributed by atoms with Crippen LogP contribution in [0.5, 0.6) is 0 Å². The minimum atomic E-state index is -1.23. The summed E-state index contributed by atoms with van der Waals surface area (Å²) in [6.07, 6.45) is 0.749. The molecule has 1 fully saturated rings. The van der Waals surface area contributed by atoms with Gasteiger partial charge in [-0.05, 0) is 17.5 Å². The Morgan fingerprint density at radius 1 is 1.08 bits per heavy atom. The van der Waals surface area contributed by atoms with Crippen LogP contribution in [0.2, 0.25) is 0 Å². The van der Waals surface area contributed by atoms with Crippen molar-refractivity contribution in [1.82, 2.24) is 10.6 Å². The van der Waals surface area contributed by atoms with Gasteiger partial charge in [-0.2, -0.15) is 0 Å². The van der Waals surface area contributed by atoms with Gasteiger partial charge in [0.2, 0.25) is 11.8 Å². The van der Waals surface area contributed by atoms with Crippen molar-refractivity contribution in [1.29, 1.82) is 0 Å². The number of rotatable bonds is 6. The summed E-state index contributed by atoms with van der Waals surface area (Å²) in [6.45, 7) is 0.464. The zero-order valence-corrected chi connectivity index (χ0v) is 13.9. The molecule has 3 N–H and O–H groups in total. The van der Waals surface area contributed by atoms with Gasteiger partial charge >= 0.3 is 0 Å². The lowest BCUT2D eigenvalue weighted by atomic mass is 9.82. The summed E-state index contributed by atoms with van der Waals surface area (Å²) >= 11 is 0. The number of hydrogen-bond donors (Lipinski definition) is 3. The number of hydrogen-bond acceptors (Lipinski definition) is 3. The van der Waals surface area contributed by atoms with Gasteiger partial charge in [-0.25, -0.2) is 0 Å². The SMILES string of the molecule is O=C1CC(NC(=O)CCC(O)(c2ccccc2)c2ccccc2)CN1. The number of carbonyl (C=O) groups excluding carboxylic acids is 2. The van der Waals surface area contributed by atoms with Gasteiger partial charge < -0.3 is 15.7 Å². The van der Waals surface area contributed by atoms with E-state index >= 15 is 0 Å². The smallest absolute Gasteiger partial charge is 0.222 e. The molecule has 1 saturated heterocycles. The van der Waals surface area contributed by atoms with E-state index in [1.807, 2.05) is 60.7 Å². The lowest BCUT2D eigenvalue weighted by Gasteiger charge is -2.29. The highest BCUT2D eigenvalue weighted by molar-refractivity contribution is 5.82. The molecule has 0 radical (unpaired) electrons. The molecule has 25 heavy (non-hydrogen) atoms. The normalized spacial score (nSPS) is 17.2. The second-order valence-electron chi connectivity index (χ2n) is 6.36. The van der Waals surface area contributed by atoms with Crippen LogP contribution >= 0.6 is 0 Å². The van der Waals surface area contributed by atoms with Crippen LogP contribution in [0.3, 0.4) is 0 Å². The molecule has 130 valence electrons. The summed E-state index contributed by atoms with van der Waals surface area (Å²) in [7, 11) is 0. The van der Waals surface area contributed by atoms with E-state index in [0.717, 1.165) is 11.1 Å². The molecule has 5 heteroatoms. The van der Waals surface area contributed by atoms with Gasteiger partial charge in [-0.3, -0.25) is 9.59 Å². The average Bonchev–Trinajstić information content (AvgIpc) is 3.06. The third kappa shape index (κ3) is 4.06. The third-order valence-electron chi connectivity index (χ3n) is 4.56. The Bertz CT molecular complexity index is 692. The van der Waals surface area contributed by atoms with Crippen LogP contribution in [0.15, 0.2) is 60.7 Å². The number of benzene rings is 2. The largest absolute Gasteiger partial charge is 0.380 e. The molecule has 2 aromatic rings. The van der Waals surface area contributed by atoms with E-state index in [9.17, 15) is 14.7 Å². The number of amides is 2. The van der Waals surface area contributed by atoms with E-state index in [0.29, 0.717) is 13.0 Å². The molecule has 0 bridgehead atoms. The Morgan fingerprint density at radius 2 is 1.64 bits per heavy atom. The zero-order chi connectivity index (χ0) is 17.7. The molecule has 2 amide bonds. The molecule has 1 atom stereocenters. The zero-order valence-electron chi connectivity index (χ0n) is 13.9. The summed E-state index contributed by atoms with van der Waals surface area (Å²) in [6, 6.07) is 18.6. The minimum Gasteiger partial charge on any atom is -0.380 e. The quantitative estimate of drug-likeness (QED) is 0.750. The van der Waals surface area contributed by atoms with Crippen LogP contribution < -0.4 is 10.6 Å². The fourth-order valence-electron chi connectivity index (χ4n) is 3.18. The summed E-state index contributed by atoms with van der Waals surface area (Å²) in [5, 5.41) is 16.9. The Morgan fingerprint density at radius 3 is 2.12 bits per heavy atom. The first kappa shape index (κ1) is 17.2. The van der Waals surface area contributed by atoms with Crippen LogP contribution in [0.1, 0.15) is 30.4 Å². The summed E-state index contributed by atoms with van der Waals surface area (Å²) in [4.78, 5) is 23.5. The van der Waals surface area contributed by atoms with Crippen LogP contribution in [0, 0.1) is 0 Å². The molecule has 0 spiro atoms. The van der Waals surface area contributed by atoms with Gasteiger partial charge in [0.05, 0.1) is 6.04 Å². The van der Waals surface area contributed by atoms with Crippen molar-refractivity contribution < 1.29 is 14.7 Å². The van der Waals surface area contributed by atoms with E-state index in [2.05, 4.69) is 10.6 Å². The molecule has 1 aliphatic heterocycles. The summed E-state index contributed by atoms with van der Waals surface area (Å²) < 4.78 is 0. The highest BCUT2D eigenvalue weighted by Gasteiger charge is 2.32. The van der Waals surface area contributed by atoms with Crippen molar-refractivity contribution in [2.45, 2.75) is 30.9 Å². The first-order valence-corrected chi connectivity index (χ1v) is 8.47. The van der Waals surface area contributed by atoms with Gasteiger partial charge in [-0.1, -0.05) is 60.7 Å². The second-order valence-corrected chi connectivity index (χ2v) is 6.36. The monoisotopic (exact) mass is 338 g/mol. The van der Waals surface area contributed by atoms with Gasteiger partial charge in [0.1, 0.15) is 5.60 Å². The molecule has 5 nitrogen and oxygen atoms in total. The molecule has 1 unspecified atom stereocenters. The maximum atomic E-state index is 12.3. The third-order valence-corrected chi connectivity index (χ3v) is 4.56. The maximum absolute atomic E-state index is 12.3. The van der Waals surface area contributed by atoms with Crippen LogP contribution in [0.4, 0.5) is 0 Å². The van der Waals surface area contributed by atoms with Crippen molar-refractivity contribution in [3.05, 3.63) is 71.8 Å². The first-order chi connectivity index (χ1) is 12.1. The van der Waals surface area contributed by atoms with Crippen molar-refractivity contribution in [3.63, 3.8) is 0 Å². The van der Waals surface area contributed by atoms with Gasteiger partial charge in [0.25, 0.3) is 0 Å². The average molecular weight is 338 g/mol. The van der Waals surface area contributed by atoms with Crippen molar-refractivity contribution in [3.8, 4) is 0 Å². The highest BCUT2D eigenvalue weighted by Crippen LogP contribution is 2.33. The molecular formula is C20H22N2O3. The Labute approximate surface area is 147 Å².